The molecule has 1 saturated heterocycles. The number of ether oxygens (including phenoxy) is 3. The zero-order valence-corrected chi connectivity index (χ0v) is 21.1. The summed E-state index contributed by atoms with van der Waals surface area (Å²) in [6.45, 7) is 1.04. The van der Waals surface area contributed by atoms with Crippen LogP contribution in [-0.2, 0) is 14.2 Å². The maximum atomic E-state index is 13.1. The van der Waals surface area contributed by atoms with Crippen LogP contribution >= 0.6 is 11.8 Å². The number of nitrogens with one attached hydrogen (secondary N) is 1. The Bertz CT molecular complexity index is 1190. The molecule has 13 heteroatoms. The summed E-state index contributed by atoms with van der Waals surface area (Å²) in [5.41, 5.74) is 7.12. The Morgan fingerprint density at radius 1 is 1.17 bits per heavy atom. The molecule has 3 aromatic rings. The van der Waals surface area contributed by atoms with Gasteiger partial charge in [0.25, 0.3) is 0 Å². The molecule has 36 heavy (non-hydrogen) atoms. The lowest BCUT2D eigenvalue weighted by Crippen LogP contribution is -2.43. The standard InChI is InChI=1S/C23H29N7O5S/c1-29(2)10-9-25-23(32)35-17-15(11-36-3)33-21(18(17)34-22(31)14-7-5-4-6-8-14)30-13-28-16-19(24)26-12-27-20(16)30/h4-8,12-13,15,17-18,21H,9-11H2,1-3H3,(H,25,32)(H2,24,26,27). The second-order valence-electron chi connectivity index (χ2n) is 8.44. The summed E-state index contributed by atoms with van der Waals surface area (Å²) in [5.74, 6) is 0.137. The van der Waals surface area contributed by atoms with E-state index in [9.17, 15) is 9.59 Å². The Balaban J connectivity index is 1.66. The van der Waals surface area contributed by atoms with Crippen molar-refractivity contribution < 1.29 is 23.8 Å². The summed E-state index contributed by atoms with van der Waals surface area (Å²) in [5, 5.41) is 2.73. The minimum Gasteiger partial charge on any atom is -0.450 e. The molecular formula is C23H29N7O5S. The zero-order chi connectivity index (χ0) is 25.7. The molecule has 3 heterocycles. The highest BCUT2D eigenvalue weighted by Gasteiger charge is 2.51. The summed E-state index contributed by atoms with van der Waals surface area (Å²) >= 11 is 1.52. The van der Waals surface area contributed by atoms with Gasteiger partial charge in [0.1, 0.15) is 17.9 Å². The quantitative estimate of drug-likeness (QED) is 0.400. The number of nitrogens with two attached hydrogens (primary N) is 1. The molecule has 0 aliphatic carbocycles. The smallest absolute Gasteiger partial charge is 0.407 e. The van der Waals surface area contributed by atoms with E-state index in [2.05, 4.69) is 20.3 Å². The van der Waals surface area contributed by atoms with Crippen LogP contribution in [0.3, 0.4) is 0 Å². The molecule has 192 valence electrons. The average Bonchev–Trinajstić information content (AvgIpc) is 3.42. The molecule has 3 N–H and O–H groups in total. The van der Waals surface area contributed by atoms with Crippen molar-refractivity contribution in [2.45, 2.75) is 24.5 Å². The van der Waals surface area contributed by atoms with Gasteiger partial charge in [0.2, 0.25) is 0 Å². The Morgan fingerprint density at radius 2 is 1.94 bits per heavy atom. The fourth-order valence-corrected chi connectivity index (χ4v) is 4.46. The number of alkyl carbamates (subject to hydrolysis) is 1. The third-order valence-corrected chi connectivity index (χ3v) is 6.26. The van der Waals surface area contributed by atoms with Crippen molar-refractivity contribution in [3.8, 4) is 0 Å². The molecule has 4 rings (SSSR count). The Labute approximate surface area is 212 Å². The maximum Gasteiger partial charge on any atom is 0.407 e. The first-order chi connectivity index (χ1) is 17.4. The van der Waals surface area contributed by atoms with E-state index in [1.807, 2.05) is 25.3 Å². The lowest BCUT2D eigenvalue weighted by molar-refractivity contribution is -0.0458. The number of rotatable bonds is 9. The first-order valence-corrected chi connectivity index (χ1v) is 12.7. The number of amides is 1. The average molecular weight is 516 g/mol. The van der Waals surface area contributed by atoms with Crippen LogP contribution in [0, 0.1) is 0 Å². The minimum atomic E-state index is -0.983. The number of likely N-dealkylation sites (N-methyl/N-ethyl adjacent to an activating group) is 1. The van der Waals surface area contributed by atoms with Crippen molar-refractivity contribution in [1.29, 1.82) is 0 Å². The van der Waals surface area contributed by atoms with Gasteiger partial charge in [-0.1, -0.05) is 18.2 Å². The monoisotopic (exact) mass is 515 g/mol. The number of anilines is 1. The number of carbonyl (C=O) groups is 2. The van der Waals surface area contributed by atoms with E-state index < -0.39 is 36.6 Å². The van der Waals surface area contributed by atoms with Gasteiger partial charge >= 0.3 is 12.1 Å². The third kappa shape index (κ3) is 5.69. The van der Waals surface area contributed by atoms with E-state index in [0.29, 0.717) is 35.6 Å². The first-order valence-electron chi connectivity index (χ1n) is 11.3. The van der Waals surface area contributed by atoms with Gasteiger partial charge < -0.3 is 30.2 Å². The van der Waals surface area contributed by atoms with Crippen molar-refractivity contribution in [2.75, 3.05) is 44.9 Å². The second-order valence-corrected chi connectivity index (χ2v) is 9.35. The zero-order valence-electron chi connectivity index (χ0n) is 20.2. The number of carbonyl (C=O) groups excluding carboxylic acids is 2. The molecule has 1 fully saturated rings. The van der Waals surface area contributed by atoms with Crippen molar-refractivity contribution in [1.82, 2.24) is 29.7 Å². The van der Waals surface area contributed by atoms with Gasteiger partial charge in [-0.2, -0.15) is 11.8 Å². The van der Waals surface area contributed by atoms with E-state index in [1.165, 1.54) is 24.4 Å². The fourth-order valence-electron chi connectivity index (χ4n) is 3.87. The fraction of sp³-hybridized carbons (Fsp3) is 0.435. The van der Waals surface area contributed by atoms with E-state index >= 15 is 0 Å². The predicted octanol–water partition coefficient (Wildman–Crippen LogP) is 1.55. The molecular weight excluding hydrogens is 486 g/mol. The topological polar surface area (TPSA) is 147 Å². The maximum absolute atomic E-state index is 13.1. The van der Waals surface area contributed by atoms with Crippen LogP contribution in [0.1, 0.15) is 16.6 Å². The Morgan fingerprint density at radius 3 is 2.67 bits per heavy atom. The van der Waals surface area contributed by atoms with Crippen LogP contribution in [0.4, 0.5) is 10.6 Å². The normalized spacial score (nSPS) is 21.6. The number of thioether (sulfide) groups is 1. The molecule has 12 nitrogen and oxygen atoms in total. The van der Waals surface area contributed by atoms with Crippen LogP contribution < -0.4 is 11.1 Å². The summed E-state index contributed by atoms with van der Waals surface area (Å²) in [7, 11) is 3.81. The van der Waals surface area contributed by atoms with Crippen LogP contribution in [0.2, 0.25) is 0 Å². The summed E-state index contributed by atoms with van der Waals surface area (Å²) in [4.78, 5) is 40.2. The molecule has 1 aromatic carbocycles. The van der Waals surface area contributed by atoms with Gasteiger partial charge in [0, 0.05) is 18.8 Å². The van der Waals surface area contributed by atoms with Gasteiger partial charge in [-0.25, -0.2) is 24.5 Å². The number of nitrogens with zero attached hydrogens (tertiary/aromatic N) is 5. The van der Waals surface area contributed by atoms with Crippen molar-refractivity contribution >= 4 is 40.8 Å². The first kappa shape index (κ1) is 25.7. The summed E-state index contributed by atoms with van der Waals surface area (Å²) in [6.07, 6.45) is 0.814. The molecule has 0 saturated carbocycles. The molecule has 0 bridgehead atoms. The number of fused-ring (bicyclic) bond motifs is 1. The van der Waals surface area contributed by atoms with E-state index in [0.717, 1.165) is 0 Å². The number of esters is 1. The molecule has 0 spiro atoms. The van der Waals surface area contributed by atoms with Crippen LogP contribution in [0.15, 0.2) is 43.0 Å². The van der Waals surface area contributed by atoms with Gasteiger partial charge in [0.05, 0.1) is 11.9 Å². The Kier molecular flexibility index (Phi) is 8.23. The Hall–Kier alpha value is -3.42. The van der Waals surface area contributed by atoms with Gasteiger partial charge in [-0.05, 0) is 32.5 Å². The lowest BCUT2D eigenvalue weighted by Gasteiger charge is -2.25. The largest absolute Gasteiger partial charge is 0.450 e. The van der Waals surface area contributed by atoms with Crippen molar-refractivity contribution in [2.24, 2.45) is 0 Å². The highest BCUT2D eigenvalue weighted by atomic mass is 32.2. The molecule has 1 amide bonds. The van der Waals surface area contributed by atoms with Gasteiger partial charge in [-0.3, -0.25) is 4.57 Å². The molecule has 4 unspecified atom stereocenters. The third-order valence-electron chi connectivity index (χ3n) is 5.60. The number of benzene rings is 1. The molecule has 0 radical (unpaired) electrons. The summed E-state index contributed by atoms with van der Waals surface area (Å²) < 4.78 is 19.7. The SMILES string of the molecule is CSCC1OC(n2cnc3c(N)ncnc32)C(OC(=O)c2ccccc2)C1OC(=O)NCCN(C)C. The summed E-state index contributed by atoms with van der Waals surface area (Å²) in [6, 6.07) is 8.59. The van der Waals surface area contributed by atoms with E-state index in [1.54, 1.807) is 34.9 Å². The van der Waals surface area contributed by atoms with Gasteiger partial charge in [-0.15, -0.1) is 0 Å². The van der Waals surface area contributed by atoms with Crippen LogP contribution in [0.5, 0.6) is 0 Å². The molecule has 4 atom stereocenters. The van der Waals surface area contributed by atoms with Gasteiger partial charge in [0.15, 0.2) is 29.9 Å². The highest BCUT2D eigenvalue weighted by Crippen LogP contribution is 2.37. The molecule has 1 aliphatic rings. The number of hydrogen-bond acceptors (Lipinski definition) is 11. The van der Waals surface area contributed by atoms with Crippen molar-refractivity contribution in [3.63, 3.8) is 0 Å². The minimum absolute atomic E-state index is 0.211. The predicted molar refractivity (Wildman–Crippen MR) is 134 cm³/mol. The van der Waals surface area contributed by atoms with E-state index in [-0.39, 0.29) is 5.82 Å². The molecule has 1 aliphatic heterocycles. The van der Waals surface area contributed by atoms with Crippen LogP contribution in [-0.4, -0.2) is 94.0 Å². The van der Waals surface area contributed by atoms with Crippen LogP contribution in [0.25, 0.3) is 11.2 Å². The molecule has 2 aromatic heterocycles. The number of imidazole rings is 1. The number of hydrogen-bond donors (Lipinski definition) is 2. The number of nitrogen functional groups attached to an aromatic ring is 1. The van der Waals surface area contributed by atoms with E-state index in [4.69, 9.17) is 19.9 Å². The van der Waals surface area contributed by atoms with Crippen molar-refractivity contribution in [3.05, 3.63) is 48.5 Å². The second kappa shape index (κ2) is 11.5. The lowest BCUT2D eigenvalue weighted by atomic mass is 10.1. The number of aromatic nitrogens is 4. The highest BCUT2D eigenvalue weighted by molar-refractivity contribution is 7.98.